The van der Waals surface area contributed by atoms with Gasteiger partial charge in [0.1, 0.15) is 37.1 Å². The van der Waals surface area contributed by atoms with Gasteiger partial charge >= 0.3 is 0 Å². The second-order valence-corrected chi connectivity index (χ2v) is 17.1. The van der Waals surface area contributed by atoms with E-state index in [2.05, 4.69) is 20.6 Å². The van der Waals surface area contributed by atoms with E-state index in [0.717, 1.165) is 53.0 Å². The molecule has 5 atom stereocenters. The van der Waals surface area contributed by atoms with Gasteiger partial charge in [-0.15, -0.1) is 0 Å². The number of H-pyrrole nitrogens is 2. The van der Waals surface area contributed by atoms with E-state index in [4.69, 9.17) is 28.9 Å². The van der Waals surface area contributed by atoms with Crippen LogP contribution in [-0.2, 0) is 23.9 Å². The highest BCUT2D eigenvalue weighted by Crippen LogP contribution is 2.46. The normalized spacial score (nSPS) is 17.4. The molecule has 0 spiro atoms. The quantitative estimate of drug-likeness (QED) is 0.0492. The summed E-state index contributed by atoms with van der Waals surface area (Å²) in [6, 6.07) is 28.9. The number of nitrogens with one attached hydrogen (secondary N) is 4. The molecule has 356 valence electrons. The Balaban J connectivity index is 1.06. The molecular weight excluding hydrogens is 865 g/mol. The van der Waals surface area contributed by atoms with E-state index in [1.165, 1.54) is 13.8 Å². The molecular formula is C52H60N8O8. The maximum atomic E-state index is 14.1. The first-order valence-electron chi connectivity index (χ1n) is 23.1. The molecule has 6 aromatic rings. The summed E-state index contributed by atoms with van der Waals surface area (Å²) >= 11 is 0. The Morgan fingerprint density at radius 3 is 1.85 bits per heavy atom. The van der Waals surface area contributed by atoms with Gasteiger partial charge in [-0.3, -0.25) is 19.3 Å². The molecule has 0 radical (unpaired) electrons. The summed E-state index contributed by atoms with van der Waals surface area (Å²) in [5.41, 5.74) is 6.37. The van der Waals surface area contributed by atoms with Crippen molar-refractivity contribution in [2.75, 3.05) is 53.7 Å². The minimum Gasteiger partial charge on any atom is -0.487 e. The molecule has 0 aliphatic carbocycles. The van der Waals surface area contributed by atoms with Gasteiger partial charge in [-0.2, -0.15) is 0 Å². The Morgan fingerprint density at radius 1 is 0.662 bits per heavy atom. The maximum absolute atomic E-state index is 14.1. The van der Waals surface area contributed by atoms with Crippen LogP contribution in [0.25, 0.3) is 33.6 Å². The smallest absolute Gasteiger partial charge is 0.250 e. The van der Waals surface area contributed by atoms with E-state index in [1.807, 2.05) is 108 Å². The fourth-order valence-corrected chi connectivity index (χ4v) is 9.28. The lowest BCUT2D eigenvalue weighted by Gasteiger charge is -2.34. The molecule has 4 aromatic carbocycles. The maximum Gasteiger partial charge on any atom is 0.250 e. The lowest BCUT2D eigenvalue weighted by molar-refractivity contribution is -0.137. The van der Waals surface area contributed by atoms with Gasteiger partial charge in [-0.1, -0.05) is 84.9 Å². The highest BCUT2D eigenvalue weighted by atomic mass is 16.5. The zero-order valence-corrected chi connectivity index (χ0v) is 38.9. The first-order chi connectivity index (χ1) is 33.1. The molecule has 5 N–H and O–H groups in total. The second-order valence-electron chi connectivity index (χ2n) is 17.1. The summed E-state index contributed by atoms with van der Waals surface area (Å²) < 4.78 is 23.8. The molecule has 5 unspecified atom stereocenters. The van der Waals surface area contributed by atoms with E-state index in [-0.39, 0.29) is 43.0 Å². The van der Waals surface area contributed by atoms with Gasteiger partial charge in [-0.05, 0) is 60.1 Å². The van der Waals surface area contributed by atoms with E-state index in [0.29, 0.717) is 66.9 Å². The van der Waals surface area contributed by atoms with Crippen LogP contribution in [0.1, 0.15) is 86.5 Å². The number of ether oxygens (including phenoxy) is 4. The number of benzene rings is 4. The van der Waals surface area contributed by atoms with Gasteiger partial charge in [0.25, 0.3) is 0 Å². The van der Waals surface area contributed by atoms with Crippen molar-refractivity contribution in [1.29, 1.82) is 0 Å². The number of carbonyl (C=O) groups excluding carboxylic acids is 3. The lowest BCUT2D eigenvalue weighted by Crippen LogP contribution is -2.45. The van der Waals surface area contributed by atoms with E-state index >= 15 is 0 Å². The lowest BCUT2D eigenvalue weighted by atomic mass is 9.98. The van der Waals surface area contributed by atoms with Crippen LogP contribution in [0.15, 0.2) is 109 Å². The number of nitrogens with zero attached hydrogens (tertiary/aromatic N) is 4. The number of methoxy groups -OCH3 is 2. The molecule has 0 saturated carbocycles. The summed E-state index contributed by atoms with van der Waals surface area (Å²) in [4.78, 5) is 59.1. The number of hydrogen-bond donors (Lipinski definition) is 5. The van der Waals surface area contributed by atoms with Crippen molar-refractivity contribution in [3.63, 3.8) is 0 Å². The minimum atomic E-state index is -0.962. The molecule has 68 heavy (non-hydrogen) atoms. The fraction of sp³-hybridized carbons (Fsp3) is 0.365. The van der Waals surface area contributed by atoms with Gasteiger partial charge in [0, 0.05) is 52.3 Å². The molecule has 2 saturated heterocycles. The number of aliphatic hydroxyl groups excluding tert-OH is 1. The van der Waals surface area contributed by atoms with Crippen LogP contribution in [0, 0.1) is 0 Å². The predicted octanol–water partition coefficient (Wildman–Crippen LogP) is 7.06. The standard InChI is InChI=1S/C52H60N8O8/c1-33(61)55-45(37-13-7-5-8-14-37)51(63)59-25-11-17-43(59)49-53-31-41(57-49)36-21-19-35(20-22-36)39-23-24-40(48(68-30-28-66-4)47(39)67-29-27-65-3)42-32-54-50(58-42)44-18-12-26-60(44)52(64)46(56-34(2)62)38-15-9-6-10-16-38/h5-10,13-16,19-24,31-32,43-46,51,63H,11-12,17-18,25-30H2,1-4H3,(H,53,57)(H,54,58)(H,55,61)(H,56,62). The Hall–Kier alpha value is -6.85. The fourth-order valence-electron chi connectivity index (χ4n) is 9.28. The number of aromatic amines is 2. The number of aromatic nitrogens is 4. The largest absolute Gasteiger partial charge is 0.487 e. The van der Waals surface area contributed by atoms with Crippen LogP contribution in [0.4, 0.5) is 0 Å². The highest BCUT2D eigenvalue weighted by molar-refractivity contribution is 5.88. The molecule has 4 heterocycles. The topological polar surface area (TPSA) is 196 Å². The number of amides is 3. The van der Waals surface area contributed by atoms with E-state index < -0.39 is 18.3 Å². The molecule has 3 amide bonds. The predicted molar refractivity (Wildman–Crippen MR) is 256 cm³/mol. The van der Waals surface area contributed by atoms with Gasteiger partial charge in [0.15, 0.2) is 11.5 Å². The molecule has 8 rings (SSSR count). The number of imidazole rings is 2. The van der Waals surface area contributed by atoms with Crippen LogP contribution >= 0.6 is 0 Å². The second kappa shape index (κ2) is 22.3. The number of hydrogen-bond acceptors (Lipinski definition) is 11. The minimum absolute atomic E-state index is 0.174. The molecule has 2 aromatic heterocycles. The third kappa shape index (κ3) is 10.8. The number of aliphatic hydroxyl groups is 1. The molecule has 2 aliphatic rings. The molecule has 0 bridgehead atoms. The van der Waals surface area contributed by atoms with Crippen molar-refractivity contribution in [1.82, 2.24) is 40.4 Å². The van der Waals surface area contributed by atoms with Crippen LogP contribution in [0.3, 0.4) is 0 Å². The third-order valence-electron chi connectivity index (χ3n) is 12.5. The van der Waals surface area contributed by atoms with Crippen molar-refractivity contribution < 1.29 is 38.4 Å². The number of carbonyl (C=O) groups is 3. The van der Waals surface area contributed by atoms with Crippen molar-refractivity contribution in [2.24, 2.45) is 0 Å². The van der Waals surface area contributed by atoms with Crippen molar-refractivity contribution in [3.8, 4) is 45.1 Å². The Bertz CT molecular complexity index is 2620. The highest BCUT2D eigenvalue weighted by Gasteiger charge is 2.39. The van der Waals surface area contributed by atoms with Crippen LogP contribution < -0.4 is 20.1 Å². The van der Waals surface area contributed by atoms with Crippen LogP contribution in [0.2, 0.25) is 0 Å². The summed E-state index contributed by atoms with van der Waals surface area (Å²) in [5.74, 6) is 1.69. The van der Waals surface area contributed by atoms with Crippen molar-refractivity contribution in [3.05, 3.63) is 132 Å². The first-order valence-corrected chi connectivity index (χ1v) is 23.1. The SMILES string of the molecule is COCCOc1c(-c2ccc(-c3cnc(C4CCCN4C(O)C(NC(C)=O)c4ccccc4)[nH]3)cc2)ccc(-c2cnc(C3CCCN3C(=O)C(NC(C)=O)c3ccccc3)[nH]2)c1OCCOC. The zero-order chi connectivity index (χ0) is 47.6. The summed E-state index contributed by atoms with van der Waals surface area (Å²) in [5, 5.41) is 17.5. The van der Waals surface area contributed by atoms with Crippen LogP contribution in [-0.4, -0.2) is 113 Å². The summed E-state index contributed by atoms with van der Waals surface area (Å²) in [7, 11) is 3.24. The molecule has 2 fully saturated rings. The summed E-state index contributed by atoms with van der Waals surface area (Å²) in [6.07, 6.45) is 5.76. The Morgan fingerprint density at radius 2 is 1.21 bits per heavy atom. The van der Waals surface area contributed by atoms with Crippen molar-refractivity contribution >= 4 is 17.7 Å². The number of likely N-dealkylation sites (tertiary alicyclic amines) is 2. The average molecular weight is 925 g/mol. The van der Waals surface area contributed by atoms with E-state index in [1.54, 1.807) is 25.3 Å². The molecule has 16 heteroatoms. The van der Waals surface area contributed by atoms with E-state index in [9.17, 15) is 19.5 Å². The first kappa shape index (κ1) is 47.6. The van der Waals surface area contributed by atoms with Gasteiger partial charge in [0.05, 0.1) is 55.1 Å². The Labute approximate surface area is 396 Å². The average Bonchev–Trinajstić information content (AvgIpc) is 4.21. The van der Waals surface area contributed by atoms with Crippen LogP contribution in [0.5, 0.6) is 11.5 Å². The molecule has 16 nitrogen and oxygen atoms in total. The van der Waals surface area contributed by atoms with Gasteiger partial charge < -0.3 is 49.6 Å². The number of rotatable bonds is 20. The third-order valence-corrected chi connectivity index (χ3v) is 12.5. The van der Waals surface area contributed by atoms with Gasteiger partial charge in [-0.25, -0.2) is 9.97 Å². The monoisotopic (exact) mass is 924 g/mol. The van der Waals surface area contributed by atoms with Gasteiger partial charge in [0.2, 0.25) is 17.7 Å². The summed E-state index contributed by atoms with van der Waals surface area (Å²) in [6.45, 7) is 5.26. The Kier molecular flexibility index (Phi) is 15.6. The van der Waals surface area contributed by atoms with Crippen molar-refractivity contribution in [2.45, 2.75) is 69.9 Å². The molecule has 2 aliphatic heterocycles. The zero-order valence-electron chi connectivity index (χ0n) is 38.9.